The summed E-state index contributed by atoms with van der Waals surface area (Å²) >= 11 is 0. The summed E-state index contributed by atoms with van der Waals surface area (Å²) in [6.45, 7) is 4.62. The summed E-state index contributed by atoms with van der Waals surface area (Å²) in [5.74, 6) is 0.582. The molecular weight excluding hydrogens is 434 g/mol. The van der Waals surface area contributed by atoms with Gasteiger partial charge >= 0.3 is 0 Å². The second-order valence-corrected chi connectivity index (χ2v) is 9.81. The molecule has 8 heteroatoms. The predicted molar refractivity (Wildman–Crippen MR) is 128 cm³/mol. The number of rotatable bonds is 6. The Balaban J connectivity index is 1.62. The van der Waals surface area contributed by atoms with Crippen LogP contribution in [0.3, 0.4) is 0 Å². The van der Waals surface area contributed by atoms with Crippen LogP contribution in [0, 0.1) is 6.92 Å². The molecule has 1 N–H and O–H groups in total. The van der Waals surface area contributed by atoms with Crippen molar-refractivity contribution < 1.29 is 8.42 Å². The number of benzene rings is 3. The summed E-state index contributed by atoms with van der Waals surface area (Å²) < 4.78 is 28.3. The molecule has 33 heavy (non-hydrogen) atoms. The molecule has 0 aliphatic carbocycles. The van der Waals surface area contributed by atoms with Gasteiger partial charge in [0.15, 0.2) is 5.65 Å². The zero-order valence-corrected chi connectivity index (χ0v) is 19.2. The van der Waals surface area contributed by atoms with Gasteiger partial charge in [-0.3, -0.25) is 0 Å². The molecule has 0 amide bonds. The molecule has 7 nitrogen and oxygen atoms in total. The first-order valence-corrected chi connectivity index (χ1v) is 12.2. The topological polar surface area (TPSA) is 89.2 Å². The highest BCUT2D eigenvalue weighted by Gasteiger charge is 2.27. The van der Waals surface area contributed by atoms with Gasteiger partial charge in [-0.2, -0.15) is 4.52 Å². The van der Waals surface area contributed by atoms with Crippen molar-refractivity contribution in [1.82, 2.24) is 19.8 Å². The molecule has 0 atom stereocenters. The molecule has 0 aliphatic heterocycles. The number of aryl methyl sites for hydroxylation is 2. The van der Waals surface area contributed by atoms with E-state index in [2.05, 4.69) is 44.9 Å². The third-order valence-electron chi connectivity index (χ3n) is 5.70. The van der Waals surface area contributed by atoms with Gasteiger partial charge in [0.25, 0.3) is 0 Å². The van der Waals surface area contributed by atoms with Crippen LogP contribution in [-0.4, -0.2) is 28.2 Å². The minimum absolute atomic E-state index is 0.157. The first kappa shape index (κ1) is 21.1. The number of sulfone groups is 1. The number of nitrogens with zero attached hydrogens (tertiary/aromatic N) is 4. The number of fused-ring (bicyclic) bond motifs is 3. The van der Waals surface area contributed by atoms with Crippen molar-refractivity contribution in [3.8, 4) is 0 Å². The highest BCUT2D eigenvalue weighted by atomic mass is 32.2. The van der Waals surface area contributed by atoms with Crippen molar-refractivity contribution in [3.05, 3.63) is 89.5 Å². The van der Waals surface area contributed by atoms with E-state index < -0.39 is 9.84 Å². The molecule has 5 rings (SSSR count). The number of nitrogens with one attached hydrogen (secondary N) is 1. The monoisotopic (exact) mass is 457 g/mol. The Hall–Kier alpha value is -3.78. The molecule has 0 saturated heterocycles. The van der Waals surface area contributed by atoms with Crippen molar-refractivity contribution in [1.29, 1.82) is 0 Å². The van der Waals surface area contributed by atoms with Gasteiger partial charge in [0, 0.05) is 11.9 Å². The molecule has 166 valence electrons. The molecule has 0 unspecified atom stereocenters. The van der Waals surface area contributed by atoms with Gasteiger partial charge in [-0.05, 0) is 48.7 Å². The second-order valence-electron chi connectivity index (χ2n) is 7.95. The Labute approximate surface area is 192 Å². The van der Waals surface area contributed by atoms with E-state index >= 15 is 0 Å². The van der Waals surface area contributed by atoms with Crippen molar-refractivity contribution in [2.24, 2.45) is 0 Å². The highest BCUT2D eigenvalue weighted by molar-refractivity contribution is 7.91. The average Bonchev–Trinajstić information content (AvgIpc) is 3.28. The largest absolute Gasteiger partial charge is 0.365 e. The Morgan fingerprint density at radius 1 is 0.909 bits per heavy atom. The molecular formula is C25H23N5O2S. The van der Waals surface area contributed by atoms with E-state index in [-0.39, 0.29) is 15.6 Å². The molecule has 0 saturated carbocycles. The van der Waals surface area contributed by atoms with Gasteiger partial charge in [0.2, 0.25) is 14.9 Å². The van der Waals surface area contributed by atoms with E-state index in [1.165, 1.54) is 10.1 Å². The van der Waals surface area contributed by atoms with E-state index in [9.17, 15) is 8.42 Å². The molecule has 0 fully saturated rings. The van der Waals surface area contributed by atoms with E-state index in [0.717, 1.165) is 28.5 Å². The molecule has 0 radical (unpaired) electrons. The number of para-hydroxylation sites is 1. The van der Waals surface area contributed by atoms with Crippen LogP contribution < -0.4 is 5.32 Å². The van der Waals surface area contributed by atoms with Gasteiger partial charge in [-0.15, -0.1) is 5.10 Å². The Morgan fingerprint density at radius 3 is 2.33 bits per heavy atom. The zero-order chi connectivity index (χ0) is 23.0. The van der Waals surface area contributed by atoms with Gasteiger partial charge < -0.3 is 5.32 Å². The van der Waals surface area contributed by atoms with Gasteiger partial charge in [-0.1, -0.05) is 66.2 Å². The third kappa shape index (κ3) is 3.82. The lowest BCUT2D eigenvalue weighted by atomic mass is 10.1. The first-order valence-electron chi connectivity index (χ1n) is 10.7. The van der Waals surface area contributed by atoms with Crippen LogP contribution in [0.2, 0.25) is 0 Å². The lowest BCUT2D eigenvalue weighted by Gasteiger charge is -2.11. The maximum atomic E-state index is 13.4. The third-order valence-corrected chi connectivity index (χ3v) is 7.37. The van der Waals surface area contributed by atoms with Gasteiger partial charge in [0.1, 0.15) is 5.82 Å². The fraction of sp³-hybridized carbons (Fsp3) is 0.160. The van der Waals surface area contributed by atoms with Crippen LogP contribution in [0.15, 0.2) is 82.7 Å². The van der Waals surface area contributed by atoms with Crippen molar-refractivity contribution in [3.63, 3.8) is 0 Å². The highest BCUT2D eigenvalue weighted by Crippen LogP contribution is 2.28. The Kier molecular flexibility index (Phi) is 5.30. The van der Waals surface area contributed by atoms with Crippen molar-refractivity contribution in [2.75, 3.05) is 5.32 Å². The summed E-state index contributed by atoms with van der Waals surface area (Å²) in [5.41, 5.74) is 4.27. The summed E-state index contributed by atoms with van der Waals surface area (Å²) in [5, 5.41) is 12.2. The van der Waals surface area contributed by atoms with Crippen LogP contribution in [-0.2, 0) is 22.8 Å². The molecule has 3 aromatic carbocycles. The molecule has 0 bridgehead atoms. The fourth-order valence-electron chi connectivity index (χ4n) is 3.76. The summed E-state index contributed by atoms with van der Waals surface area (Å²) in [7, 11) is -3.89. The van der Waals surface area contributed by atoms with Crippen molar-refractivity contribution >= 4 is 32.2 Å². The zero-order valence-electron chi connectivity index (χ0n) is 18.4. The Bertz CT molecular complexity index is 1560. The summed E-state index contributed by atoms with van der Waals surface area (Å²) in [6, 6.07) is 22.7. The van der Waals surface area contributed by atoms with Gasteiger partial charge in [0.05, 0.1) is 10.4 Å². The molecule has 2 aromatic heterocycles. The quantitative estimate of drug-likeness (QED) is 0.401. The van der Waals surface area contributed by atoms with Crippen molar-refractivity contribution in [2.45, 2.75) is 36.7 Å². The SMILES string of the molecule is CCc1ccc(S(=O)(=O)c2nnn3c2nc(NCc2ccc(C)cc2)c2ccccc23)cc1. The lowest BCUT2D eigenvalue weighted by Crippen LogP contribution is -2.07. The van der Waals surface area contributed by atoms with Crippen LogP contribution >= 0.6 is 0 Å². The van der Waals surface area contributed by atoms with Crippen LogP contribution in [0.5, 0.6) is 0 Å². The second kappa shape index (κ2) is 8.29. The molecule has 2 heterocycles. The number of hydrogen-bond acceptors (Lipinski definition) is 6. The Morgan fingerprint density at radius 2 is 1.61 bits per heavy atom. The molecule has 0 spiro atoms. The van der Waals surface area contributed by atoms with Crippen LogP contribution in [0.4, 0.5) is 5.82 Å². The summed E-state index contributed by atoms with van der Waals surface area (Å²) in [6.07, 6.45) is 0.832. The smallest absolute Gasteiger partial charge is 0.229 e. The van der Waals surface area contributed by atoms with E-state index in [1.54, 1.807) is 12.1 Å². The fourth-order valence-corrected chi connectivity index (χ4v) is 5.00. The number of anilines is 1. The molecule has 5 aromatic rings. The minimum Gasteiger partial charge on any atom is -0.365 e. The number of hydrogen-bond donors (Lipinski definition) is 1. The lowest BCUT2D eigenvalue weighted by molar-refractivity contribution is 0.592. The van der Waals surface area contributed by atoms with E-state index in [0.29, 0.717) is 12.4 Å². The maximum absolute atomic E-state index is 13.4. The van der Waals surface area contributed by atoms with E-state index in [4.69, 9.17) is 0 Å². The van der Waals surface area contributed by atoms with Crippen LogP contribution in [0.1, 0.15) is 23.6 Å². The minimum atomic E-state index is -3.89. The summed E-state index contributed by atoms with van der Waals surface area (Å²) in [4.78, 5) is 4.84. The number of aromatic nitrogens is 4. The first-order chi connectivity index (χ1) is 16.0. The van der Waals surface area contributed by atoms with Gasteiger partial charge in [-0.25, -0.2) is 13.4 Å². The van der Waals surface area contributed by atoms with E-state index in [1.807, 2.05) is 50.2 Å². The maximum Gasteiger partial charge on any atom is 0.229 e. The van der Waals surface area contributed by atoms with Crippen LogP contribution in [0.25, 0.3) is 16.6 Å². The normalized spacial score (nSPS) is 11.8. The average molecular weight is 458 g/mol. The molecule has 0 aliphatic rings. The predicted octanol–water partition coefficient (Wildman–Crippen LogP) is 4.59. The standard InChI is InChI=1S/C25H23N5O2S/c1-3-18-12-14-20(15-13-18)33(31,32)25-24-27-23(26-16-19-10-8-17(2)9-11-19)21-6-4-5-7-22(21)30(24)29-28-25/h4-15H,3,16H2,1-2H3,(H,26,27).